The number of anilines is 2. The van der Waals surface area contributed by atoms with Crippen LogP contribution in [0.1, 0.15) is 35.0 Å². The number of ether oxygens (including phenoxy) is 1. The van der Waals surface area contributed by atoms with Crippen molar-refractivity contribution >= 4 is 60.5 Å². The molecule has 0 aliphatic carbocycles. The Kier molecular flexibility index (Phi) is 7.96. The van der Waals surface area contributed by atoms with Crippen LogP contribution in [-0.4, -0.2) is 36.7 Å². The van der Waals surface area contributed by atoms with Crippen molar-refractivity contribution in [1.29, 1.82) is 0 Å². The van der Waals surface area contributed by atoms with Gasteiger partial charge in [-0.1, -0.05) is 30.7 Å². The van der Waals surface area contributed by atoms with Crippen molar-refractivity contribution in [2.75, 3.05) is 17.1 Å². The minimum absolute atomic E-state index is 0.0418. The van der Waals surface area contributed by atoms with Gasteiger partial charge in [0.2, 0.25) is 10.0 Å². The van der Waals surface area contributed by atoms with Crippen molar-refractivity contribution in [3.63, 3.8) is 0 Å². The Hall–Kier alpha value is -3.28. The molecule has 0 saturated heterocycles. The van der Waals surface area contributed by atoms with Crippen LogP contribution in [0.3, 0.4) is 0 Å². The number of halogens is 2. The third kappa shape index (κ3) is 5.68. The van der Waals surface area contributed by atoms with E-state index in [1.807, 2.05) is 0 Å². The number of hydrogen-bond donors (Lipinski definition) is 2. The maximum atomic E-state index is 14.7. The third-order valence-corrected chi connectivity index (χ3v) is 9.23. The first-order chi connectivity index (χ1) is 17.6. The van der Waals surface area contributed by atoms with Gasteiger partial charge in [0.05, 0.1) is 50.2 Å². The summed E-state index contributed by atoms with van der Waals surface area (Å²) in [4.78, 5) is 21.2. The first-order valence-corrected chi connectivity index (χ1v) is 14.1. The number of fused-ring (bicyclic) bond motifs is 1. The van der Waals surface area contributed by atoms with Crippen LogP contribution >= 0.6 is 22.9 Å². The second-order valence-corrected chi connectivity index (χ2v) is 11.5. The van der Waals surface area contributed by atoms with Crippen LogP contribution in [0.4, 0.5) is 15.8 Å². The molecule has 0 radical (unpaired) electrons. The molecule has 0 aliphatic rings. The fourth-order valence-corrected chi connectivity index (χ4v) is 6.54. The Morgan fingerprint density at radius 2 is 1.92 bits per heavy atom. The third-order valence-electron chi connectivity index (χ3n) is 5.87. The van der Waals surface area contributed by atoms with Crippen LogP contribution in [0.5, 0.6) is 5.75 Å². The van der Waals surface area contributed by atoms with Crippen molar-refractivity contribution in [3.8, 4) is 5.75 Å². The molecular weight excluding hydrogens is 539 g/mol. The predicted octanol–water partition coefficient (Wildman–Crippen LogP) is 5.82. The number of carbonyl (C=O) groups excluding carboxylic acids is 1. The lowest BCUT2D eigenvalue weighted by atomic mass is 10.1. The highest BCUT2D eigenvalue weighted by atomic mass is 35.5. The summed E-state index contributed by atoms with van der Waals surface area (Å²) in [5, 5.41) is 3.03. The van der Waals surface area contributed by atoms with Gasteiger partial charge < -0.3 is 10.1 Å². The van der Waals surface area contributed by atoms with E-state index in [1.165, 1.54) is 23.7 Å². The van der Waals surface area contributed by atoms with Crippen molar-refractivity contribution in [2.45, 2.75) is 31.9 Å². The summed E-state index contributed by atoms with van der Waals surface area (Å²) in [6.07, 6.45) is 1.93. The van der Waals surface area contributed by atoms with Gasteiger partial charge >= 0.3 is 0 Å². The van der Waals surface area contributed by atoms with Crippen molar-refractivity contribution < 1.29 is 22.3 Å². The monoisotopic (exact) mass is 562 g/mol. The van der Waals surface area contributed by atoms with Crippen molar-refractivity contribution in [2.24, 2.45) is 0 Å². The van der Waals surface area contributed by atoms with Gasteiger partial charge in [-0.15, -0.1) is 11.3 Å². The number of carbonyl (C=O) groups is 1. The average Bonchev–Trinajstić information content (AvgIpc) is 3.32. The number of rotatable bonds is 9. The Morgan fingerprint density at radius 1 is 1.19 bits per heavy atom. The zero-order valence-electron chi connectivity index (χ0n) is 20.2. The number of aryl methyl sites for hydroxylation is 1. The molecule has 2 heterocycles. The number of nitrogens with one attached hydrogen (secondary N) is 2. The highest BCUT2D eigenvalue weighted by Crippen LogP contribution is 2.35. The second kappa shape index (κ2) is 11.0. The standard InChI is InChI=1S/C25H24ClFN4O4S2/c1-4-17(11-15-5-7-16(35-3)8-6-15)37(33,34)31-20-10-9-19(27)23(21(20)26)30-25(32)18-12-36-24-14(2)28-13-29-22(18)24/h5-10,12-13,17,31H,4,11H2,1-3H3,(H,30,32). The zero-order chi connectivity index (χ0) is 26.7. The fourth-order valence-electron chi connectivity index (χ4n) is 3.79. The molecule has 0 saturated carbocycles. The maximum absolute atomic E-state index is 14.7. The van der Waals surface area contributed by atoms with Crippen LogP contribution in [0.25, 0.3) is 10.2 Å². The Bertz CT molecular complexity index is 1560. The molecule has 1 amide bonds. The SMILES string of the molecule is CCC(Cc1ccc(OC)cc1)S(=O)(=O)Nc1ccc(F)c(NC(=O)c2csc3c(C)ncnc23)c1Cl. The van der Waals surface area contributed by atoms with Crippen molar-refractivity contribution in [3.05, 3.63) is 75.8 Å². The van der Waals surface area contributed by atoms with E-state index >= 15 is 0 Å². The van der Waals surface area contributed by atoms with E-state index in [4.69, 9.17) is 16.3 Å². The van der Waals surface area contributed by atoms with Crippen LogP contribution in [0, 0.1) is 12.7 Å². The lowest BCUT2D eigenvalue weighted by molar-refractivity contribution is 0.102. The lowest BCUT2D eigenvalue weighted by Gasteiger charge is -2.19. The molecule has 0 spiro atoms. The Labute approximate surface area is 222 Å². The van der Waals surface area contributed by atoms with Gasteiger partial charge in [-0.2, -0.15) is 0 Å². The van der Waals surface area contributed by atoms with E-state index in [1.54, 1.807) is 50.6 Å². The summed E-state index contributed by atoms with van der Waals surface area (Å²) in [6, 6.07) is 9.39. The Morgan fingerprint density at radius 3 is 2.59 bits per heavy atom. The van der Waals surface area contributed by atoms with Crippen LogP contribution in [0.15, 0.2) is 48.1 Å². The Balaban J connectivity index is 1.57. The summed E-state index contributed by atoms with van der Waals surface area (Å²) in [7, 11) is -2.36. The lowest BCUT2D eigenvalue weighted by Crippen LogP contribution is -2.29. The van der Waals surface area contributed by atoms with Gasteiger partial charge in [-0.05, 0) is 49.6 Å². The summed E-state index contributed by atoms with van der Waals surface area (Å²) >= 11 is 7.69. The topological polar surface area (TPSA) is 110 Å². The van der Waals surface area contributed by atoms with Gasteiger partial charge in [0.1, 0.15) is 17.9 Å². The van der Waals surface area contributed by atoms with Crippen molar-refractivity contribution in [1.82, 2.24) is 9.97 Å². The minimum Gasteiger partial charge on any atom is -0.497 e. The summed E-state index contributed by atoms with van der Waals surface area (Å²) in [5.41, 5.74) is 1.83. The number of thiophene rings is 1. The van der Waals surface area contributed by atoms with Crippen LogP contribution in [-0.2, 0) is 16.4 Å². The smallest absolute Gasteiger partial charge is 0.258 e. The van der Waals surface area contributed by atoms with E-state index in [-0.39, 0.29) is 28.4 Å². The fraction of sp³-hybridized carbons (Fsp3) is 0.240. The zero-order valence-corrected chi connectivity index (χ0v) is 22.6. The molecule has 2 N–H and O–H groups in total. The van der Waals surface area contributed by atoms with Gasteiger partial charge in [0.25, 0.3) is 5.91 Å². The second-order valence-electron chi connectivity index (χ2n) is 8.25. The molecule has 194 valence electrons. The largest absolute Gasteiger partial charge is 0.497 e. The quantitative estimate of drug-likeness (QED) is 0.266. The number of nitrogens with zero attached hydrogens (tertiary/aromatic N) is 2. The summed E-state index contributed by atoms with van der Waals surface area (Å²) in [5.74, 6) is -0.767. The summed E-state index contributed by atoms with van der Waals surface area (Å²) < 4.78 is 49.5. The number of sulfonamides is 1. The molecule has 2 aromatic carbocycles. The first kappa shape index (κ1) is 26.8. The highest BCUT2D eigenvalue weighted by Gasteiger charge is 2.27. The molecule has 4 rings (SSSR count). The molecule has 4 aromatic rings. The number of methoxy groups -OCH3 is 1. The molecule has 0 aliphatic heterocycles. The van der Waals surface area contributed by atoms with Gasteiger partial charge in [0.15, 0.2) is 0 Å². The highest BCUT2D eigenvalue weighted by molar-refractivity contribution is 7.93. The molecule has 8 nitrogen and oxygen atoms in total. The maximum Gasteiger partial charge on any atom is 0.258 e. The molecule has 2 aromatic heterocycles. The molecule has 1 unspecified atom stereocenters. The molecule has 0 bridgehead atoms. The molecule has 0 fully saturated rings. The summed E-state index contributed by atoms with van der Waals surface area (Å²) in [6.45, 7) is 3.56. The van der Waals surface area contributed by atoms with E-state index in [0.717, 1.165) is 22.0 Å². The minimum atomic E-state index is -3.91. The first-order valence-electron chi connectivity index (χ1n) is 11.3. The number of amides is 1. The normalized spacial score (nSPS) is 12.4. The van der Waals surface area contributed by atoms with Gasteiger partial charge in [-0.3, -0.25) is 9.52 Å². The number of hydrogen-bond acceptors (Lipinski definition) is 7. The van der Waals surface area contributed by atoms with Crippen LogP contribution < -0.4 is 14.8 Å². The van der Waals surface area contributed by atoms with E-state index in [9.17, 15) is 17.6 Å². The molecule has 37 heavy (non-hydrogen) atoms. The molecular formula is C25H24ClFN4O4S2. The average molecular weight is 563 g/mol. The number of benzene rings is 2. The predicted molar refractivity (Wildman–Crippen MR) is 145 cm³/mol. The van der Waals surface area contributed by atoms with E-state index < -0.39 is 27.0 Å². The van der Waals surface area contributed by atoms with Gasteiger partial charge in [-0.25, -0.2) is 22.8 Å². The van der Waals surface area contributed by atoms with Crippen LogP contribution in [0.2, 0.25) is 5.02 Å². The van der Waals surface area contributed by atoms with Gasteiger partial charge in [0, 0.05) is 5.38 Å². The van der Waals surface area contributed by atoms with E-state index in [0.29, 0.717) is 17.7 Å². The molecule has 12 heteroatoms. The van der Waals surface area contributed by atoms with E-state index in [2.05, 4.69) is 20.0 Å². The number of aromatic nitrogens is 2. The molecule has 1 atom stereocenters.